The lowest BCUT2D eigenvalue weighted by Crippen LogP contribution is -1.98. The summed E-state index contributed by atoms with van der Waals surface area (Å²) < 4.78 is 5.52. The van der Waals surface area contributed by atoms with Gasteiger partial charge in [-0.05, 0) is 39.3 Å². The first-order chi connectivity index (χ1) is 5.18. The minimum Gasteiger partial charge on any atom is -0.338 e. The molecule has 0 amide bonds. The fourth-order valence-corrected chi connectivity index (χ4v) is 1.33. The topological polar surface area (TPSA) is 38.9 Å². The quantitative estimate of drug-likeness (QED) is 0.761. The van der Waals surface area contributed by atoms with Gasteiger partial charge in [-0.3, -0.25) is 0 Å². The Morgan fingerprint density at radius 1 is 1.64 bits per heavy atom. The first kappa shape index (κ1) is 7.28. The van der Waals surface area contributed by atoms with E-state index in [1.54, 1.807) is 0 Å². The van der Waals surface area contributed by atoms with Crippen LogP contribution >= 0.6 is 15.9 Å². The highest BCUT2D eigenvalue weighted by molar-refractivity contribution is 9.10. The van der Waals surface area contributed by atoms with Gasteiger partial charge in [-0.15, -0.1) is 0 Å². The van der Waals surface area contributed by atoms with E-state index < -0.39 is 0 Å². The molecule has 4 heteroatoms. The van der Waals surface area contributed by atoms with Crippen LogP contribution in [0.25, 0.3) is 0 Å². The van der Waals surface area contributed by atoms with Crippen LogP contribution in [0.4, 0.5) is 0 Å². The highest BCUT2D eigenvalue weighted by Crippen LogP contribution is 2.47. The van der Waals surface area contributed by atoms with Gasteiger partial charge in [-0.25, -0.2) is 0 Å². The molecule has 1 aliphatic carbocycles. The molecule has 0 atom stereocenters. The summed E-state index contributed by atoms with van der Waals surface area (Å²) in [5.74, 6) is 0.747. The van der Waals surface area contributed by atoms with E-state index in [4.69, 9.17) is 4.52 Å². The van der Waals surface area contributed by atoms with Gasteiger partial charge in [0.25, 0.3) is 0 Å². The van der Waals surface area contributed by atoms with Crippen molar-refractivity contribution >= 4 is 15.9 Å². The van der Waals surface area contributed by atoms with Crippen molar-refractivity contribution in [2.45, 2.75) is 26.2 Å². The van der Waals surface area contributed by atoms with E-state index in [-0.39, 0.29) is 0 Å². The Balaban J connectivity index is 2.06. The van der Waals surface area contributed by atoms with Crippen LogP contribution in [0, 0.1) is 5.41 Å². The minimum atomic E-state index is 0.450. The van der Waals surface area contributed by atoms with Crippen LogP contribution in [0.15, 0.2) is 9.26 Å². The second-order valence-electron chi connectivity index (χ2n) is 3.44. The monoisotopic (exact) mass is 216 g/mol. The Morgan fingerprint density at radius 3 is 2.82 bits per heavy atom. The summed E-state index contributed by atoms with van der Waals surface area (Å²) in [6.45, 7) is 2.24. The first-order valence-electron chi connectivity index (χ1n) is 3.66. The predicted molar refractivity (Wildman–Crippen MR) is 43.0 cm³/mol. The summed E-state index contributed by atoms with van der Waals surface area (Å²) in [7, 11) is 0. The van der Waals surface area contributed by atoms with Gasteiger partial charge in [0, 0.05) is 6.42 Å². The molecule has 0 aromatic carbocycles. The SMILES string of the molecule is CC1(Cc2nc(Br)no2)CC1. The van der Waals surface area contributed by atoms with Crippen LogP contribution < -0.4 is 0 Å². The van der Waals surface area contributed by atoms with Crippen molar-refractivity contribution < 1.29 is 4.52 Å². The van der Waals surface area contributed by atoms with E-state index in [1.165, 1.54) is 12.8 Å². The van der Waals surface area contributed by atoms with Gasteiger partial charge >= 0.3 is 0 Å². The molecule has 1 heterocycles. The second-order valence-corrected chi connectivity index (χ2v) is 4.15. The molecule has 1 aromatic rings. The zero-order chi connectivity index (χ0) is 7.90. The summed E-state index contributed by atoms with van der Waals surface area (Å²) in [6.07, 6.45) is 3.49. The van der Waals surface area contributed by atoms with Crippen LogP contribution in [0.1, 0.15) is 25.7 Å². The van der Waals surface area contributed by atoms with E-state index in [2.05, 4.69) is 33.0 Å². The standard InChI is InChI=1S/C7H9BrN2O/c1-7(2-3-7)4-5-9-6(8)10-11-5/h2-4H2,1H3. The molecule has 1 aromatic heterocycles. The Bertz CT molecular complexity index is 267. The number of rotatable bonds is 2. The van der Waals surface area contributed by atoms with Gasteiger partial charge in [0.2, 0.25) is 10.6 Å². The van der Waals surface area contributed by atoms with Gasteiger partial charge in [0.15, 0.2) is 0 Å². The Hall–Kier alpha value is -0.380. The molecule has 1 fully saturated rings. The lowest BCUT2D eigenvalue weighted by atomic mass is 10.1. The third-order valence-corrected chi connectivity index (χ3v) is 2.45. The second kappa shape index (κ2) is 2.30. The fourth-order valence-electron chi connectivity index (χ4n) is 1.06. The largest absolute Gasteiger partial charge is 0.338 e. The number of hydrogen-bond donors (Lipinski definition) is 0. The Kier molecular flexibility index (Phi) is 1.52. The zero-order valence-electron chi connectivity index (χ0n) is 6.30. The van der Waals surface area contributed by atoms with Crippen molar-refractivity contribution in [2.24, 2.45) is 5.41 Å². The molecule has 0 radical (unpaired) electrons. The fraction of sp³-hybridized carbons (Fsp3) is 0.714. The maximum absolute atomic E-state index is 4.97. The summed E-state index contributed by atoms with van der Waals surface area (Å²) in [4.78, 5) is 4.07. The highest BCUT2D eigenvalue weighted by Gasteiger charge is 2.38. The van der Waals surface area contributed by atoms with E-state index in [0.29, 0.717) is 10.1 Å². The summed E-state index contributed by atoms with van der Waals surface area (Å²) in [5.41, 5.74) is 0.450. The Morgan fingerprint density at radius 2 is 2.36 bits per heavy atom. The number of halogens is 1. The van der Waals surface area contributed by atoms with E-state index >= 15 is 0 Å². The van der Waals surface area contributed by atoms with Gasteiger partial charge in [-0.2, -0.15) is 4.98 Å². The Labute approximate surface area is 73.3 Å². The van der Waals surface area contributed by atoms with Crippen molar-refractivity contribution in [1.82, 2.24) is 10.1 Å². The molecule has 0 saturated heterocycles. The maximum Gasteiger partial charge on any atom is 0.238 e. The highest BCUT2D eigenvalue weighted by atomic mass is 79.9. The van der Waals surface area contributed by atoms with Crippen LogP contribution in [-0.2, 0) is 6.42 Å². The van der Waals surface area contributed by atoms with E-state index in [0.717, 1.165) is 12.3 Å². The molecule has 1 saturated carbocycles. The summed E-state index contributed by atoms with van der Waals surface area (Å²) in [6, 6.07) is 0. The molecule has 60 valence electrons. The van der Waals surface area contributed by atoms with Crippen LogP contribution in [-0.4, -0.2) is 10.1 Å². The predicted octanol–water partition coefficient (Wildman–Crippen LogP) is 2.17. The third-order valence-electron chi connectivity index (χ3n) is 2.12. The van der Waals surface area contributed by atoms with Crippen LogP contribution in [0.3, 0.4) is 0 Å². The van der Waals surface area contributed by atoms with Gasteiger partial charge in [0.05, 0.1) is 0 Å². The smallest absolute Gasteiger partial charge is 0.238 e. The summed E-state index contributed by atoms with van der Waals surface area (Å²) in [5, 5.41) is 3.66. The van der Waals surface area contributed by atoms with Crippen LogP contribution in [0.2, 0.25) is 0 Å². The number of nitrogens with zero attached hydrogens (tertiary/aromatic N) is 2. The molecular formula is C7H9BrN2O. The lowest BCUT2D eigenvalue weighted by molar-refractivity contribution is 0.350. The molecule has 3 nitrogen and oxygen atoms in total. The molecule has 0 bridgehead atoms. The van der Waals surface area contributed by atoms with Crippen molar-refractivity contribution in [3.8, 4) is 0 Å². The molecule has 0 spiro atoms. The molecule has 1 aliphatic rings. The van der Waals surface area contributed by atoms with Gasteiger partial charge in [0.1, 0.15) is 0 Å². The minimum absolute atomic E-state index is 0.450. The van der Waals surface area contributed by atoms with Crippen molar-refractivity contribution in [1.29, 1.82) is 0 Å². The van der Waals surface area contributed by atoms with E-state index in [1.807, 2.05) is 0 Å². The molecule has 0 aliphatic heterocycles. The molecule has 2 rings (SSSR count). The molecular weight excluding hydrogens is 208 g/mol. The third kappa shape index (κ3) is 1.61. The zero-order valence-corrected chi connectivity index (χ0v) is 7.89. The van der Waals surface area contributed by atoms with Crippen molar-refractivity contribution in [3.63, 3.8) is 0 Å². The average molecular weight is 217 g/mol. The van der Waals surface area contributed by atoms with E-state index in [9.17, 15) is 0 Å². The van der Waals surface area contributed by atoms with Crippen LogP contribution in [0.5, 0.6) is 0 Å². The normalized spacial score (nSPS) is 20.2. The molecule has 0 unspecified atom stereocenters. The van der Waals surface area contributed by atoms with Crippen molar-refractivity contribution in [2.75, 3.05) is 0 Å². The summed E-state index contributed by atoms with van der Waals surface area (Å²) >= 11 is 3.14. The number of aromatic nitrogens is 2. The first-order valence-corrected chi connectivity index (χ1v) is 4.45. The van der Waals surface area contributed by atoms with Crippen molar-refractivity contribution in [3.05, 3.63) is 10.6 Å². The number of hydrogen-bond acceptors (Lipinski definition) is 3. The lowest BCUT2D eigenvalue weighted by Gasteiger charge is -2.00. The molecule has 11 heavy (non-hydrogen) atoms. The molecule has 0 N–H and O–H groups in total. The maximum atomic E-state index is 4.97. The average Bonchev–Trinajstić information content (AvgIpc) is 2.49. The van der Waals surface area contributed by atoms with Gasteiger partial charge < -0.3 is 4.52 Å². The van der Waals surface area contributed by atoms with Gasteiger partial charge in [-0.1, -0.05) is 6.92 Å².